The van der Waals surface area contributed by atoms with Crippen molar-refractivity contribution in [2.24, 2.45) is 0 Å². The van der Waals surface area contributed by atoms with Gasteiger partial charge in [-0.25, -0.2) is 0 Å². The number of carbonyl (C=O) groups excluding carboxylic acids is 2. The average Bonchev–Trinajstić information content (AvgIpc) is 2.76. The van der Waals surface area contributed by atoms with Gasteiger partial charge in [0.25, 0.3) is 11.8 Å². The van der Waals surface area contributed by atoms with Crippen molar-refractivity contribution in [2.45, 2.75) is 13.1 Å². The van der Waals surface area contributed by atoms with Gasteiger partial charge < -0.3 is 15.4 Å². The summed E-state index contributed by atoms with van der Waals surface area (Å²) in [5.41, 5.74) is 2.27. The summed E-state index contributed by atoms with van der Waals surface area (Å²) in [6, 6.07) is 14.1. The number of ether oxygens (including phenoxy) is 1. The number of amides is 2. The van der Waals surface area contributed by atoms with Crippen LogP contribution in [0.15, 0.2) is 67.1 Å². The third-order valence-electron chi connectivity index (χ3n) is 4.06. The van der Waals surface area contributed by atoms with E-state index in [-0.39, 0.29) is 17.5 Å². The summed E-state index contributed by atoms with van der Waals surface area (Å²) in [6.07, 6.45) is 4.80. The Morgan fingerprint density at radius 3 is 2.57 bits per heavy atom. The molecule has 0 saturated heterocycles. The molecular weight excluding hydrogens is 356 g/mol. The van der Waals surface area contributed by atoms with Crippen molar-refractivity contribution in [3.8, 4) is 5.75 Å². The number of hydrogen-bond donors (Lipinski definition) is 2. The molecule has 0 aliphatic heterocycles. The van der Waals surface area contributed by atoms with E-state index in [1.165, 1.54) is 12.3 Å². The highest BCUT2D eigenvalue weighted by atomic mass is 16.5. The lowest BCUT2D eigenvalue weighted by Gasteiger charge is -2.10. The second-order valence-corrected chi connectivity index (χ2v) is 5.97. The van der Waals surface area contributed by atoms with Gasteiger partial charge in [-0.05, 0) is 29.8 Å². The minimum atomic E-state index is -0.368. The van der Waals surface area contributed by atoms with Gasteiger partial charge in [0.2, 0.25) is 0 Å². The Bertz CT molecular complexity index is 961. The summed E-state index contributed by atoms with van der Waals surface area (Å²) in [7, 11) is 1.58. The van der Waals surface area contributed by atoms with Gasteiger partial charge >= 0.3 is 0 Å². The number of nitrogens with zero attached hydrogens (tertiary/aromatic N) is 2. The summed E-state index contributed by atoms with van der Waals surface area (Å²) < 4.78 is 5.27. The molecule has 2 aromatic heterocycles. The third kappa shape index (κ3) is 4.91. The minimum absolute atomic E-state index is 0.170. The summed E-state index contributed by atoms with van der Waals surface area (Å²) >= 11 is 0. The van der Waals surface area contributed by atoms with Crippen LogP contribution < -0.4 is 15.4 Å². The van der Waals surface area contributed by atoms with Crippen LogP contribution in [-0.2, 0) is 13.1 Å². The predicted octanol–water partition coefficient (Wildman–Crippen LogP) is 2.35. The van der Waals surface area contributed by atoms with E-state index >= 15 is 0 Å². The fraction of sp³-hybridized carbons (Fsp3) is 0.143. The van der Waals surface area contributed by atoms with Gasteiger partial charge in [0.1, 0.15) is 11.4 Å². The number of benzene rings is 1. The smallest absolute Gasteiger partial charge is 0.270 e. The van der Waals surface area contributed by atoms with Crippen molar-refractivity contribution in [1.82, 2.24) is 20.6 Å². The number of nitrogens with one attached hydrogen (secondary N) is 2. The molecule has 2 amide bonds. The van der Waals surface area contributed by atoms with E-state index in [0.29, 0.717) is 24.4 Å². The van der Waals surface area contributed by atoms with Crippen molar-refractivity contribution in [3.63, 3.8) is 0 Å². The Kier molecular flexibility index (Phi) is 6.30. The molecule has 0 bridgehead atoms. The molecule has 28 heavy (non-hydrogen) atoms. The molecule has 0 atom stereocenters. The van der Waals surface area contributed by atoms with Gasteiger partial charge in [0.05, 0.1) is 7.11 Å². The number of hydrogen-bond acceptors (Lipinski definition) is 5. The van der Waals surface area contributed by atoms with Gasteiger partial charge in [-0.3, -0.25) is 19.6 Å². The van der Waals surface area contributed by atoms with Crippen molar-refractivity contribution in [1.29, 1.82) is 0 Å². The normalized spacial score (nSPS) is 10.2. The molecule has 7 nitrogen and oxygen atoms in total. The molecule has 2 N–H and O–H groups in total. The van der Waals surface area contributed by atoms with E-state index in [9.17, 15) is 9.59 Å². The lowest BCUT2D eigenvalue weighted by Crippen LogP contribution is -2.26. The minimum Gasteiger partial charge on any atom is -0.496 e. The molecule has 0 saturated carbocycles. The number of carbonyl (C=O) groups is 2. The molecule has 1 aromatic carbocycles. The van der Waals surface area contributed by atoms with Crippen LogP contribution in [0.5, 0.6) is 5.75 Å². The van der Waals surface area contributed by atoms with Gasteiger partial charge in [-0.2, -0.15) is 0 Å². The molecule has 3 rings (SSSR count). The highest BCUT2D eigenvalue weighted by Crippen LogP contribution is 2.16. The van der Waals surface area contributed by atoms with E-state index < -0.39 is 0 Å². The summed E-state index contributed by atoms with van der Waals surface area (Å²) in [6.45, 7) is 0.645. The molecule has 3 aromatic rings. The molecule has 2 heterocycles. The second-order valence-electron chi connectivity index (χ2n) is 5.97. The largest absolute Gasteiger partial charge is 0.496 e. The maximum Gasteiger partial charge on any atom is 0.270 e. The first-order valence-corrected chi connectivity index (χ1v) is 8.70. The topological polar surface area (TPSA) is 93.2 Å². The second kappa shape index (κ2) is 9.27. The highest BCUT2D eigenvalue weighted by molar-refractivity contribution is 5.98. The quantitative estimate of drug-likeness (QED) is 0.660. The predicted molar refractivity (Wildman–Crippen MR) is 104 cm³/mol. The maximum absolute atomic E-state index is 12.4. The van der Waals surface area contributed by atoms with Crippen LogP contribution in [0.4, 0.5) is 0 Å². The van der Waals surface area contributed by atoms with Gasteiger partial charge in [0.15, 0.2) is 0 Å². The lowest BCUT2D eigenvalue weighted by atomic mass is 10.2. The first-order chi connectivity index (χ1) is 13.7. The molecule has 0 radical (unpaired) electrons. The maximum atomic E-state index is 12.4. The molecule has 0 spiro atoms. The van der Waals surface area contributed by atoms with Crippen molar-refractivity contribution >= 4 is 11.8 Å². The summed E-state index contributed by atoms with van der Waals surface area (Å²) in [5, 5.41) is 5.59. The Balaban J connectivity index is 1.61. The van der Waals surface area contributed by atoms with Crippen LogP contribution in [0.3, 0.4) is 0 Å². The molecule has 0 unspecified atom stereocenters. The zero-order valence-electron chi connectivity index (χ0n) is 15.4. The molecule has 0 aliphatic rings. The van der Waals surface area contributed by atoms with E-state index in [4.69, 9.17) is 4.74 Å². The van der Waals surface area contributed by atoms with E-state index in [1.54, 1.807) is 31.6 Å². The molecule has 142 valence electrons. The Labute approximate surface area is 162 Å². The Morgan fingerprint density at radius 1 is 0.964 bits per heavy atom. The standard InChI is InChI=1S/C21H20N4O3/c1-28-19-7-3-2-6-17(19)14-25-21(27)18-11-16(8-10-23-18)20(26)24-13-15-5-4-9-22-12-15/h2-12H,13-14H2,1H3,(H,24,26)(H,25,27). The highest BCUT2D eigenvalue weighted by Gasteiger charge is 2.12. The van der Waals surface area contributed by atoms with Crippen molar-refractivity contribution in [3.05, 3.63) is 89.5 Å². The SMILES string of the molecule is COc1ccccc1CNC(=O)c1cc(C(=O)NCc2cccnc2)ccn1. The van der Waals surface area contributed by atoms with E-state index in [1.807, 2.05) is 30.3 Å². The van der Waals surface area contributed by atoms with Crippen LogP contribution in [-0.4, -0.2) is 28.9 Å². The molecular formula is C21H20N4O3. The monoisotopic (exact) mass is 376 g/mol. The number of rotatable bonds is 7. The first kappa shape index (κ1) is 19.0. The van der Waals surface area contributed by atoms with Crippen LogP contribution in [0.2, 0.25) is 0 Å². The number of aromatic nitrogens is 2. The van der Waals surface area contributed by atoms with Gasteiger partial charge in [0, 0.05) is 42.8 Å². The van der Waals surface area contributed by atoms with Crippen LogP contribution in [0, 0.1) is 0 Å². The van der Waals surface area contributed by atoms with Crippen LogP contribution in [0.1, 0.15) is 32.0 Å². The first-order valence-electron chi connectivity index (χ1n) is 8.70. The lowest BCUT2D eigenvalue weighted by molar-refractivity contribution is 0.0945. The van der Waals surface area contributed by atoms with Gasteiger partial charge in [-0.15, -0.1) is 0 Å². The third-order valence-corrected chi connectivity index (χ3v) is 4.06. The fourth-order valence-corrected chi connectivity index (χ4v) is 2.60. The van der Waals surface area contributed by atoms with Gasteiger partial charge in [-0.1, -0.05) is 24.3 Å². The zero-order chi connectivity index (χ0) is 19.8. The average molecular weight is 376 g/mol. The Morgan fingerprint density at radius 2 is 1.79 bits per heavy atom. The fourth-order valence-electron chi connectivity index (χ4n) is 2.60. The molecule has 7 heteroatoms. The Hall–Kier alpha value is -3.74. The number of methoxy groups -OCH3 is 1. The van der Waals surface area contributed by atoms with Crippen molar-refractivity contribution < 1.29 is 14.3 Å². The van der Waals surface area contributed by atoms with Crippen LogP contribution in [0.25, 0.3) is 0 Å². The number of para-hydroxylation sites is 1. The molecule has 0 fully saturated rings. The van der Waals surface area contributed by atoms with E-state index in [2.05, 4.69) is 20.6 Å². The van der Waals surface area contributed by atoms with E-state index in [0.717, 1.165) is 11.1 Å². The van der Waals surface area contributed by atoms with Crippen LogP contribution >= 0.6 is 0 Å². The van der Waals surface area contributed by atoms with Crippen molar-refractivity contribution in [2.75, 3.05) is 7.11 Å². The molecule has 0 aliphatic carbocycles. The number of pyridine rings is 2. The summed E-state index contributed by atoms with van der Waals surface area (Å²) in [5.74, 6) is 0.0390. The zero-order valence-corrected chi connectivity index (χ0v) is 15.4. The summed E-state index contributed by atoms with van der Waals surface area (Å²) in [4.78, 5) is 32.8.